The van der Waals surface area contributed by atoms with E-state index in [4.69, 9.17) is 16.3 Å². The number of carbonyl (C=O) groups excluding carboxylic acids is 1. The first-order valence-electron chi connectivity index (χ1n) is 7.97. The molecule has 0 N–H and O–H groups in total. The molecule has 0 fully saturated rings. The molecule has 124 valence electrons. The highest BCUT2D eigenvalue weighted by molar-refractivity contribution is 8.17. The van der Waals surface area contributed by atoms with Crippen molar-refractivity contribution < 1.29 is 9.53 Å². The number of thioether (sulfide) groups is 1. The van der Waals surface area contributed by atoms with Crippen LogP contribution in [-0.4, -0.2) is 27.9 Å². The molecule has 2 aliphatic heterocycles. The minimum Gasteiger partial charge on any atom is -0.475 e. The number of amidine groups is 1. The number of carbonyl (C=O) groups is 1. The number of hydrogen-bond acceptors (Lipinski definition) is 5. The average Bonchev–Trinajstić information content (AvgIpc) is 3.08. The number of rotatable bonds is 3. The molecule has 4 rings (SSSR count). The summed E-state index contributed by atoms with van der Waals surface area (Å²) < 4.78 is 5.60. The van der Waals surface area contributed by atoms with Gasteiger partial charge in [-0.05, 0) is 49.7 Å². The SMILES string of the molecule is CC(C)Oc1ccc(Cl)c(C2=NC(=O)C3C(=N2)SC2=C3CCC2)n1. The average molecular weight is 362 g/mol. The molecule has 1 amide bonds. The molecule has 0 bridgehead atoms. The number of allylic oxidation sites excluding steroid dienone is 1. The highest BCUT2D eigenvalue weighted by Crippen LogP contribution is 2.48. The molecule has 24 heavy (non-hydrogen) atoms. The van der Waals surface area contributed by atoms with E-state index in [-0.39, 0.29) is 23.8 Å². The topological polar surface area (TPSA) is 63.9 Å². The van der Waals surface area contributed by atoms with Crippen LogP contribution in [0.25, 0.3) is 0 Å². The minimum atomic E-state index is -0.273. The van der Waals surface area contributed by atoms with Gasteiger partial charge in [-0.15, -0.1) is 0 Å². The highest BCUT2D eigenvalue weighted by atomic mass is 35.5. The van der Waals surface area contributed by atoms with Crippen LogP contribution >= 0.6 is 23.4 Å². The second-order valence-electron chi connectivity index (χ2n) is 6.21. The molecule has 7 heteroatoms. The fraction of sp³-hybridized carbons (Fsp3) is 0.412. The summed E-state index contributed by atoms with van der Waals surface area (Å²) in [6, 6.07) is 3.40. The third-order valence-corrected chi connectivity index (χ3v) is 5.65. The van der Waals surface area contributed by atoms with E-state index in [1.165, 1.54) is 10.5 Å². The Balaban J connectivity index is 1.69. The zero-order valence-corrected chi connectivity index (χ0v) is 14.9. The molecule has 1 aromatic heterocycles. The van der Waals surface area contributed by atoms with Crippen LogP contribution in [0.1, 0.15) is 38.8 Å². The maximum Gasteiger partial charge on any atom is 0.261 e. The zero-order chi connectivity index (χ0) is 16.8. The quantitative estimate of drug-likeness (QED) is 0.816. The lowest BCUT2D eigenvalue weighted by molar-refractivity contribution is -0.118. The van der Waals surface area contributed by atoms with Gasteiger partial charge in [0.1, 0.15) is 11.6 Å². The van der Waals surface area contributed by atoms with Gasteiger partial charge in [0.2, 0.25) is 5.88 Å². The lowest BCUT2D eigenvalue weighted by Gasteiger charge is -2.17. The van der Waals surface area contributed by atoms with Crippen LogP contribution in [0.15, 0.2) is 32.6 Å². The highest BCUT2D eigenvalue weighted by Gasteiger charge is 2.42. The van der Waals surface area contributed by atoms with E-state index in [0.717, 1.165) is 24.3 Å². The molecule has 1 unspecified atom stereocenters. The first-order chi connectivity index (χ1) is 11.5. The van der Waals surface area contributed by atoms with Crippen molar-refractivity contribution in [2.75, 3.05) is 0 Å². The molecule has 0 radical (unpaired) electrons. The predicted molar refractivity (Wildman–Crippen MR) is 95.9 cm³/mol. The molecular formula is C17H16ClN3O2S. The Morgan fingerprint density at radius 1 is 1.29 bits per heavy atom. The van der Waals surface area contributed by atoms with Crippen LogP contribution in [0.5, 0.6) is 5.88 Å². The van der Waals surface area contributed by atoms with Crippen LogP contribution in [0.4, 0.5) is 0 Å². The second kappa shape index (κ2) is 6.01. The van der Waals surface area contributed by atoms with Crippen molar-refractivity contribution in [3.05, 3.63) is 33.3 Å². The summed E-state index contributed by atoms with van der Waals surface area (Å²) >= 11 is 7.87. The number of aliphatic imine (C=N–C) groups is 2. The molecular weight excluding hydrogens is 346 g/mol. The number of ether oxygens (including phenoxy) is 1. The summed E-state index contributed by atoms with van der Waals surface area (Å²) in [6.45, 7) is 3.84. The molecule has 5 nitrogen and oxygen atoms in total. The Hall–Kier alpha value is -1.66. The molecule has 0 saturated heterocycles. The van der Waals surface area contributed by atoms with Gasteiger partial charge in [0.25, 0.3) is 5.91 Å². The molecule has 0 saturated carbocycles. The van der Waals surface area contributed by atoms with E-state index in [9.17, 15) is 4.79 Å². The number of fused-ring (bicyclic) bond motifs is 2. The van der Waals surface area contributed by atoms with Crippen molar-refractivity contribution in [3.63, 3.8) is 0 Å². The van der Waals surface area contributed by atoms with Gasteiger partial charge in [-0.2, -0.15) is 4.99 Å². The van der Waals surface area contributed by atoms with Gasteiger partial charge < -0.3 is 4.74 Å². The molecule has 1 atom stereocenters. The van der Waals surface area contributed by atoms with Crippen LogP contribution in [0.2, 0.25) is 5.02 Å². The smallest absolute Gasteiger partial charge is 0.261 e. The maximum atomic E-state index is 12.6. The Labute approximate surface area is 149 Å². The fourth-order valence-corrected chi connectivity index (χ4v) is 4.66. The molecule has 1 aromatic rings. The van der Waals surface area contributed by atoms with E-state index in [1.54, 1.807) is 23.9 Å². The van der Waals surface area contributed by atoms with E-state index >= 15 is 0 Å². The van der Waals surface area contributed by atoms with Crippen LogP contribution in [0, 0.1) is 5.92 Å². The maximum absolute atomic E-state index is 12.6. The summed E-state index contributed by atoms with van der Waals surface area (Å²) in [5.41, 5.74) is 1.60. The lowest BCUT2D eigenvalue weighted by atomic mass is 9.98. The Morgan fingerprint density at radius 3 is 2.92 bits per heavy atom. The summed E-state index contributed by atoms with van der Waals surface area (Å²) in [5.74, 6) is 0.285. The number of pyridine rings is 1. The number of halogens is 1. The summed E-state index contributed by atoms with van der Waals surface area (Å²) in [7, 11) is 0. The second-order valence-corrected chi connectivity index (χ2v) is 7.73. The number of aromatic nitrogens is 1. The van der Waals surface area contributed by atoms with Gasteiger partial charge >= 0.3 is 0 Å². The van der Waals surface area contributed by atoms with Crippen molar-refractivity contribution in [2.45, 2.75) is 39.2 Å². The monoisotopic (exact) mass is 361 g/mol. The third-order valence-electron chi connectivity index (χ3n) is 4.10. The molecule has 0 aromatic carbocycles. The first-order valence-corrected chi connectivity index (χ1v) is 9.17. The van der Waals surface area contributed by atoms with Gasteiger partial charge in [-0.25, -0.2) is 9.98 Å². The Bertz CT molecular complexity index is 829. The van der Waals surface area contributed by atoms with Gasteiger partial charge in [0.05, 0.1) is 16.2 Å². The van der Waals surface area contributed by atoms with Crippen molar-refractivity contribution in [1.82, 2.24) is 4.98 Å². The predicted octanol–water partition coefficient (Wildman–Crippen LogP) is 4.01. The first kappa shape index (κ1) is 15.8. The Kier molecular flexibility index (Phi) is 3.96. The van der Waals surface area contributed by atoms with Crippen LogP contribution in [0.3, 0.4) is 0 Å². The standard InChI is InChI=1S/C17H16ClN3O2S/c1-8(2)23-12-7-6-10(18)14(19-12)15-20-16(22)13-9-4-3-5-11(9)24-17(13)21-15/h6-8,13H,3-5H2,1-2H3. The summed E-state index contributed by atoms with van der Waals surface area (Å²) in [4.78, 5) is 27.0. The molecule has 1 aliphatic carbocycles. The number of amides is 1. The molecule has 3 heterocycles. The van der Waals surface area contributed by atoms with Gasteiger partial charge in [0.15, 0.2) is 5.84 Å². The Morgan fingerprint density at radius 2 is 2.12 bits per heavy atom. The van der Waals surface area contributed by atoms with Gasteiger partial charge in [-0.1, -0.05) is 23.4 Å². The van der Waals surface area contributed by atoms with Gasteiger partial charge in [0, 0.05) is 6.07 Å². The van der Waals surface area contributed by atoms with Gasteiger partial charge in [-0.3, -0.25) is 4.79 Å². The van der Waals surface area contributed by atoms with Crippen LogP contribution in [-0.2, 0) is 4.79 Å². The zero-order valence-electron chi connectivity index (χ0n) is 13.4. The largest absolute Gasteiger partial charge is 0.475 e. The molecule has 0 spiro atoms. The summed E-state index contributed by atoms with van der Waals surface area (Å²) in [6.07, 6.45) is 3.12. The number of hydrogen-bond donors (Lipinski definition) is 0. The summed E-state index contributed by atoms with van der Waals surface area (Å²) in [5, 5.41) is 1.21. The van der Waals surface area contributed by atoms with E-state index < -0.39 is 0 Å². The van der Waals surface area contributed by atoms with E-state index in [1.807, 2.05) is 13.8 Å². The van der Waals surface area contributed by atoms with E-state index in [2.05, 4.69) is 15.0 Å². The van der Waals surface area contributed by atoms with Crippen molar-refractivity contribution in [1.29, 1.82) is 0 Å². The van der Waals surface area contributed by atoms with Crippen LogP contribution < -0.4 is 4.74 Å². The normalized spacial score (nSPS) is 22.5. The molecule has 3 aliphatic rings. The lowest BCUT2D eigenvalue weighted by Crippen LogP contribution is -2.26. The van der Waals surface area contributed by atoms with E-state index in [0.29, 0.717) is 16.6 Å². The van der Waals surface area contributed by atoms with Crippen molar-refractivity contribution in [2.24, 2.45) is 15.9 Å². The fourth-order valence-electron chi connectivity index (χ4n) is 3.13. The number of nitrogens with zero attached hydrogens (tertiary/aromatic N) is 3. The van der Waals surface area contributed by atoms with Crippen molar-refractivity contribution in [3.8, 4) is 5.88 Å². The third kappa shape index (κ3) is 2.67. The minimum absolute atomic E-state index is 0.00490. The van der Waals surface area contributed by atoms with Crippen molar-refractivity contribution >= 4 is 40.1 Å².